The second-order valence-corrected chi connectivity index (χ2v) is 7.25. The number of amides is 2. The SMILES string of the molecule is COc1cc(C=C(C(=O)NCc2ccccc2)C(=O)NCc2ccccc2)ccc1OCC#N. The molecular formula is C27H25N3O4. The highest BCUT2D eigenvalue weighted by atomic mass is 16.5. The zero-order valence-electron chi connectivity index (χ0n) is 18.8. The lowest BCUT2D eigenvalue weighted by Gasteiger charge is -2.12. The van der Waals surface area contributed by atoms with Gasteiger partial charge in [-0.25, -0.2) is 0 Å². The van der Waals surface area contributed by atoms with E-state index >= 15 is 0 Å². The summed E-state index contributed by atoms with van der Waals surface area (Å²) in [4.78, 5) is 26.0. The number of hydrogen-bond donors (Lipinski definition) is 2. The van der Waals surface area contributed by atoms with Crippen molar-refractivity contribution < 1.29 is 19.1 Å². The number of hydrogen-bond acceptors (Lipinski definition) is 5. The number of carbonyl (C=O) groups is 2. The van der Waals surface area contributed by atoms with Crippen LogP contribution in [-0.4, -0.2) is 25.5 Å². The van der Waals surface area contributed by atoms with Gasteiger partial charge < -0.3 is 20.1 Å². The van der Waals surface area contributed by atoms with Crippen molar-refractivity contribution in [1.29, 1.82) is 5.26 Å². The predicted octanol–water partition coefficient (Wildman–Crippen LogP) is 3.61. The molecule has 0 saturated carbocycles. The normalized spacial score (nSPS) is 9.88. The van der Waals surface area contributed by atoms with E-state index in [2.05, 4.69) is 10.6 Å². The molecule has 0 unspecified atom stereocenters. The van der Waals surface area contributed by atoms with Gasteiger partial charge in [0.25, 0.3) is 11.8 Å². The lowest BCUT2D eigenvalue weighted by atomic mass is 10.1. The van der Waals surface area contributed by atoms with Gasteiger partial charge in [-0.15, -0.1) is 0 Å². The van der Waals surface area contributed by atoms with E-state index in [-0.39, 0.29) is 25.3 Å². The molecule has 2 amide bonds. The molecule has 0 saturated heterocycles. The van der Waals surface area contributed by atoms with Crippen molar-refractivity contribution in [2.45, 2.75) is 13.1 Å². The van der Waals surface area contributed by atoms with E-state index in [4.69, 9.17) is 14.7 Å². The third-order valence-corrected chi connectivity index (χ3v) is 4.87. The molecule has 0 aliphatic heterocycles. The quantitative estimate of drug-likeness (QED) is 0.276. The molecule has 0 radical (unpaired) electrons. The third kappa shape index (κ3) is 6.97. The Balaban J connectivity index is 1.83. The van der Waals surface area contributed by atoms with Crippen LogP contribution in [-0.2, 0) is 22.7 Å². The second kappa shape index (κ2) is 12.5. The van der Waals surface area contributed by atoms with Crippen molar-refractivity contribution in [3.05, 3.63) is 101 Å². The van der Waals surface area contributed by atoms with Crippen molar-refractivity contribution in [2.75, 3.05) is 13.7 Å². The molecule has 0 heterocycles. The van der Waals surface area contributed by atoms with E-state index in [1.807, 2.05) is 66.7 Å². The maximum absolute atomic E-state index is 13.0. The Kier molecular flexibility index (Phi) is 8.83. The van der Waals surface area contributed by atoms with Crippen molar-refractivity contribution in [3.63, 3.8) is 0 Å². The lowest BCUT2D eigenvalue weighted by Crippen LogP contribution is -2.34. The van der Waals surface area contributed by atoms with Gasteiger partial charge >= 0.3 is 0 Å². The molecule has 3 aromatic rings. The molecule has 2 N–H and O–H groups in total. The Bertz CT molecular complexity index is 1130. The van der Waals surface area contributed by atoms with Crippen molar-refractivity contribution in [3.8, 4) is 17.6 Å². The Morgan fingerprint density at radius 2 is 1.41 bits per heavy atom. The van der Waals surface area contributed by atoms with Crippen molar-refractivity contribution in [1.82, 2.24) is 10.6 Å². The number of carbonyl (C=O) groups excluding carboxylic acids is 2. The number of nitrogens with one attached hydrogen (secondary N) is 2. The number of rotatable bonds is 10. The fraction of sp³-hybridized carbons (Fsp3) is 0.148. The van der Waals surface area contributed by atoms with Crippen LogP contribution < -0.4 is 20.1 Å². The Morgan fingerprint density at radius 1 is 0.853 bits per heavy atom. The van der Waals surface area contributed by atoms with Crippen molar-refractivity contribution >= 4 is 17.9 Å². The maximum atomic E-state index is 13.0. The molecule has 0 atom stereocenters. The predicted molar refractivity (Wildman–Crippen MR) is 129 cm³/mol. The fourth-order valence-electron chi connectivity index (χ4n) is 3.15. The van der Waals surface area contributed by atoms with Crippen LogP contribution in [0.25, 0.3) is 6.08 Å². The van der Waals surface area contributed by atoms with Crippen LogP contribution in [0.1, 0.15) is 16.7 Å². The molecule has 0 aliphatic rings. The summed E-state index contributed by atoms with van der Waals surface area (Å²) < 4.78 is 10.7. The van der Waals surface area contributed by atoms with Gasteiger partial charge in [-0.3, -0.25) is 9.59 Å². The molecule has 0 aliphatic carbocycles. The topological polar surface area (TPSA) is 100 Å². The first kappa shape index (κ1) is 24.1. The molecule has 3 aromatic carbocycles. The van der Waals surface area contributed by atoms with Crippen LogP contribution in [0.3, 0.4) is 0 Å². The summed E-state index contributed by atoms with van der Waals surface area (Å²) in [5, 5.41) is 14.4. The molecule has 0 fully saturated rings. The van der Waals surface area contributed by atoms with E-state index < -0.39 is 11.8 Å². The van der Waals surface area contributed by atoms with Crippen LogP contribution in [0, 0.1) is 11.3 Å². The van der Waals surface area contributed by atoms with Gasteiger partial charge in [-0.1, -0.05) is 66.7 Å². The molecule has 172 valence electrons. The Hall–Kier alpha value is -4.57. The third-order valence-electron chi connectivity index (χ3n) is 4.87. The van der Waals surface area contributed by atoms with Crippen molar-refractivity contribution in [2.24, 2.45) is 0 Å². The zero-order chi connectivity index (χ0) is 24.2. The summed E-state index contributed by atoms with van der Waals surface area (Å²) in [5.41, 5.74) is 2.36. The molecule has 0 aromatic heterocycles. The first-order chi connectivity index (χ1) is 16.6. The minimum Gasteiger partial charge on any atom is -0.493 e. The minimum absolute atomic E-state index is 0.0420. The fourth-order valence-corrected chi connectivity index (χ4v) is 3.15. The van der Waals surface area contributed by atoms with Gasteiger partial charge in [0.2, 0.25) is 0 Å². The number of benzene rings is 3. The monoisotopic (exact) mass is 455 g/mol. The summed E-state index contributed by atoms with van der Waals surface area (Å²) in [6.45, 7) is 0.445. The van der Waals surface area contributed by atoms with Crippen LogP contribution in [0.2, 0.25) is 0 Å². The largest absolute Gasteiger partial charge is 0.493 e. The van der Waals surface area contributed by atoms with E-state index in [9.17, 15) is 9.59 Å². The smallest absolute Gasteiger partial charge is 0.257 e. The summed E-state index contributed by atoms with van der Waals surface area (Å²) in [6.07, 6.45) is 1.50. The average Bonchev–Trinajstić information content (AvgIpc) is 2.89. The number of nitrogens with zero attached hydrogens (tertiary/aromatic N) is 1. The lowest BCUT2D eigenvalue weighted by molar-refractivity contribution is -0.123. The zero-order valence-corrected chi connectivity index (χ0v) is 18.8. The van der Waals surface area contributed by atoms with Gasteiger partial charge in [0.15, 0.2) is 18.1 Å². The molecule has 0 bridgehead atoms. The molecular weight excluding hydrogens is 430 g/mol. The first-order valence-electron chi connectivity index (χ1n) is 10.6. The van der Waals surface area contributed by atoms with Crippen LogP contribution in [0.5, 0.6) is 11.5 Å². The van der Waals surface area contributed by atoms with Crippen LogP contribution in [0.4, 0.5) is 0 Å². The Labute approximate surface area is 198 Å². The van der Waals surface area contributed by atoms with Crippen LogP contribution >= 0.6 is 0 Å². The maximum Gasteiger partial charge on any atom is 0.257 e. The molecule has 7 heteroatoms. The average molecular weight is 456 g/mol. The van der Waals surface area contributed by atoms with Gasteiger partial charge in [-0.2, -0.15) is 5.26 Å². The number of nitriles is 1. The summed E-state index contributed by atoms with van der Waals surface area (Å²) in [5.74, 6) is -0.223. The number of methoxy groups -OCH3 is 1. The number of ether oxygens (including phenoxy) is 2. The highest BCUT2D eigenvalue weighted by molar-refractivity contribution is 6.21. The first-order valence-corrected chi connectivity index (χ1v) is 10.6. The van der Waals surface area contributed by atoms with Gasteiger partial charge in [0.1, 0.15) is 11.6 Å². The van der Waals surface area contributed by atoms with E-state index in [0.717, 1.165) is 11.1 Å². The highest BCUT2D eigenvalue weighted by Gasteiger charge is 2.19. The summed E-state index contributed by atoms with van der Waals surface area (Å²) >= 11 is 0. The van der Waals surface area contributed by atoms with Crippen LogP contribution in [0.15, 0.2) is 84.4 Å². The van der Waals surface area contributed by atoms with E-state index in [0.29, 0.717) is 17.1 Å². The van der Waals surface area contributed by atoms with Gasteiger partial charge in [0.05, 0.1) is 7.11 Å². The van der Waals surface area contributed by atoms with E-state index in [1.54, 1.807) is 18.2 Å². The van der Waals surface area contributed by atoms with Gasteiger partial charge in [-0.05, 0) is 34.9 Å². The minimum atomic E-state index is -0.502. The summed E-state index contributed by atoms with van der Waals surface area (Å²) in [7, 11) is 1.47. The molecule has 0 spiro atoms. The second-order valence-electron chi connectivity index (χ2n) is 7.25. The molecule has 34 heavy (non-hydrogen) atoms. The Morgan fingerprint density at radius 3 is 1.91 bits per heavy atom. The van der Waals surface area contributed by atoms with Gasteiger partial charge in [0, 0.05) is 13.1 Å². The standard InChI is InChI=1S/C27H25N3O4/c1-33-25-17-22(12-13-24(25)34-15-14-28)16-23(26(31)29-18-20-8-4-2-5-9-20)27(32)30-19-21-10-6-3-7-11-21/h2-13,16-17H,15,18-19H2,1H3,(H,29,31)(H,30,32). The van der Waals surface area contributed by atoms with E-state index in [1.165, 1.54) is 13.2 Å². The molecule has 7 nitrogen and oxygen atoms in total. The highest BCUT2D eigenvalue weighted by Crippen LogP contribution is 2.29. The summed E-state index contributed by atoms with van der Waals surface area (Å²) in [6, 6.07) is 25.7. The molecule has 3 rings (SSSR count).